The molecule has 0 aliphatic heterocycles. The average molecular weight is 386 g/mol. The Morgan fingerprint density at radius 2 is 1.50 bits per heavy atom. The molecule has 0 aliphatic carbocycles. The minimum absolute atomic E-state index is 0.0413. The molecule has 1 amide bonds. The lowest BCUT2D eigenvalue weighted by Gasteiger charge is -2.23. The predicted octanol–water partition coefficient (Wildman–Crippen LogP) is 4.33. The first-order valence-electron chi connectivity index (χ1n) is 9.60. The van der Waals surface area contributed by atoms with Crippen molar-refractivity contribution in [2.24, 2.45) is 5.92 Å². The number of amides is 1. The molecule has 1 atom stereocenters. The van der Waals surface area contributed by atoms with Gasteiger partial charge in [0.05, 0.1) is 33.8 Å². The molecule has 0 fully saturated rings. The zero-order valence-corrected chi connectivity index (χ0v) is 17.7. The zero-order chi connectivity index (χ0) is 20.7. The van der Waals surface area contributed by atoms with Crippen molar-refractivity contribution in [1.82, 2.24) is 5.32 Å². The number of hydrogen-bond acceptors (Lipinski definition) is 4. The van der Waals surface area contributed by atoms with Crippen LogP contribution in [0.1, 0.15) is 43.5 Å². The molecule has 2 rings (SSSR count). The topological polar surface area (TPSA) is 56.8 Å². The lowest BCUT2D eigenvalue weighted by atomic mass is 9.94. The second kappa shape index (κ2) is 10.0. The van der Waals surface area contributed by atoms with Crippen LogP contribution in [0.4, 0.5) is 0 Å². The summed E-state index contributed by atoms with van der Waals surface area (Å²) in [6.45, 7) is 6.35. The van der Waals surface area contributed by atoms with Gasteiger partial charge in [0.1, 0.15) is 0 Å². The van der Waals surface area contributed by atoms with Gasteiger partial charge >= 0.3 is 0 Å². The highest BCUT2D eigenvalue weighted by atomic mass is 16.5. The standard InChI is InChI=1S/C23H31NO4/c1-7-16-8-10-18(11-9-16)22(15(2)3)24-21(25)14-17-12-19(26-4)23(28-6)20(13-17)27-5/h8-13,15,22H,7,14H2,1-6H3,(H,24,25)/t22-/m1/s1. The largest absolute Gasteiger partial charge is 0.493 e. The van der Waals surface area contributed by atoms with Gasteiger partial charge in [0.2, 0.25) is 11.7 Å². The maximum Gasteiger partial charge on any atom is 0.224 e. The second-order valence-electron chi connectivity index (χ2n) is 7.09. The third kappa shape index (κ3) is 5.18. The van der Waals surface area contributed by atoms with Gasteiger partial charge < -0.3 is 19.5 Å². The Kier molecular flexibility index (Phi) is 7.73. The van der Waals surface area contributed by atoms with Crippen molar-refractivity contribution in [2.75, 3.05) is 21.3 Å². The molecule has 5 nitrogen and oxygen atoms in total. The summed E-state index contributed by atoms with van der Waals surface area (Å²) in [6, 6.07) is 12.0. The predicted molar refractivity (Wildman–Crippen MR) is 111 cm³/mol. The number of benzene rings is 2. The summed E-state index contributed by atoms with van der Waals surface area (Å²) < 4.78 is 16.1. The molecule has 0 bridgehead atoms. The number of nitrogens with one attached hydrogen (secondary N) is 1. The van der Waals surface area contributed by atoms with Gasteiger partial charge in [0.25, 0.3) is 0 Å². The van der Waals surface area contributed by atoms with E-state index in [4.69, 9.17) is 14.2 Å². The molecule has 0 aromatic heterocycles. The average Bonchev–Trinajstić information content (AvgIpc) is 2.71. The Balaban J connectivity index is 2.18. The van der Waals surface area contributed by atoms with Crippen molar-refractivity contribution in [2.45, 2.75) is 39.7 Å². The highest BCUT2D eigenvalue weighted by Crippen LogP contribution is 2.38. The number of carbonyl (C=O) groups excluding carboxylic acids is 1. The van der Waals surface area contributed by atoms with E-state index < -0.39 is 0 Å². The van der Waals surface area contributed by atoms with Crippen LogP contribution in [0.25, 0.3) is 0 Å². The summed E-state index contributed by atoms with van der Waals surface area (Å²) >= 11 is 0. The third-order valence-electron chi connectivity index (χ3n) is 4.82. The lowest BCUT2D eigenvalue weighted by Crippen LogP contribution is -2.32. The van der Waals surface area contributed by atoms with Crippen molar-refractivity contribution < 1.29 is 19.0 Å². The SMILES string of the molecule is CCc1ccc([C@H](NC(=O)Cc2cc(OC)c(OC)c(OC)c2)C(C)C)cc1. The monoisotopic (exact) mass is 385 g/mol. The molecule has 28 heavy (non-hydrogen) atoms. The Morgan fingerprint density at radius 1 is 0.929 bits per heavy atom. The molecule has 0 heterocycles. The minimum Gasteiger partial charge on any atom is -0.493 e. The molecule has 0 saturated heterocycles. The molecular formula is C23H31NO4. The van der Waals surface area contributed by atoms with Crippen molar-refractivity contribution in [1.29, 1.82) is 0 Å². The molecule has 2 aromatic rings. The van der Waals surface area contributed by atoms with Crippen LogP contribution in [0.15, 0.2) is 36.4 Å². The minimum atomic E-state index is -0.0486. The fraction of sp³-hybridized carbons (Fsp3) is 0.435. The number of carbonyl (C=O) groups is 1. The normalized spacial score (nSPS) is 11.8. The van der Waals surface area contributed by atoms with E-state index >= 15 is 0 Å². The summed E-state index contributed by atoms with van der Waals surface area (Å²) in [4.78, 5) is 12.8. The van der Waals surface area contributed by atoms with E-state index in [0.29, 0.717) is 17.2 Å². The first kappa shape index (κ1) is 21.6. The van der Waals surface area contributed by atoms with Gasteiger partial charge in [0, 0.05) is 0 Å². The summed E-state index contributed by atoms with van der Waals surface area (Å²) in [6.07, 6.45) is 1.23. The van der Waals surface area contributed by atoms with Crippen LogP contribution in [0.3, 0.4) is 0 Å². The molecular weight excluding hydrogens is 354 g/mol. The zero-order valence-electron chi connectivity index (χ0n) is 17.7. The number of methoxy groups -OCH3 is 3. The Morgan fingerprint density at radius 3 is 1.93 bits per heavy atom. The van der Waals surface area contributed by atoms with E-state index in [2.05, 4.69) is 50.4 Å². The van der Waals surface area contributed by atoms with Crippen LogP contribution < -0.4 is 19.5 Å². The van der Waals surface area contributed by atoms with Gasteiger partial charge in [0.15, 0.2) is 11.5 Å². The van der Waals surface area contributed by atoms with Gasteiger partial charge in [-0.2, -0.15) is 0 Å². The number of hydrogen-bond donors (Lipinski definition) is 1. The van der Waals surface area contributed by atoms with Gasteiger partial charge in [-0.3, -0.25) is 4.79 Å². The lowest BCUT2D eigenvalue weighted by molar-refractivity contribution is -0.121. The maximum atomic E-state index is 12.8. The van der Waals surface area contributed by atoms with Crippen molar-refractivity contribution in [3.05, 3.63) is 53.1 Å². The second-order valence-corrected chi connectivity index (χ2v) is 7.09. The Hall–Kier alpha value is -2.69. The maximum absolute atomic E-state index is 12.8. The summed E-state index contributed by atoms with van der Waals surface area (Å²) in [5.74, 6) is 1.83. The molecule has 0 unspecified atom stereocenters. The van der Waals surface area contributed by atoms with E-state index in [1.165, 1.54) is 5.56 Å². The quantitative estimate of drug-likeness (QED) is 0.698. The molecule has 2 aromatic carbocycles. The smallest absolute Gasteiger partial charge is 0.224 e. The third-order valence-corrected chi connectivity index (χ3v) is 4.82. The van der Waals surface area contributed by atoms with Gasteiger partial charge in [-0.05, 0) is 41.2 Å². The number of ether oxygens (including phenoxy) is 3. The van der Waals surface area contributed by atoms with Crippen LogP contribution in [0.5, 0.6) is 17.2 Å². The molecule has 0 aliphatic rings. The first-order chi connectivity index (χ1) is 13.4. The molecule has 0 radical (unpaired) electrons. The summed E-state index contributed by atoms with van der Waals surface area (Å²) in [5.41, 5.74) is 3.20. The number of rotatable bonds is 9. The summed E-state index contributed by atoms with van der Waals surface area (Å²) in [5, 5.41) is 3.17. The van der Waals surface area contributed by atoms with E-state index in [0.717, 1.165) is 17.5 Å². The van der Waals surface area contributed by atoms with Gasteiger partial charge in [-0.1, -0.05) is 45.0 Å². The van der Waals surface area contributed by atoms with Crippen LogP contribution >= 0.6 is 0 Å². The molecule has 152 valence electrons. The Labute approximate surface area is 168 Å². The van der Waals surface area contributed by atoms with Crippen LogP contribution in [-0.2, 0) is 17.6 Å². The van der Waals surface area contributed by atoms with Crippen LogP contribution in [-0.4, -0.2) is 27.2 Å². The number of aryl methyl sites for hydroxylation is 1. The fourth-order valence-corrected chi connectivity index (χ4v) is 3.24. The van der Waals surface area contributed by atoms with E-state index in [1.807, 2.05) is 0 Å². The fourth-order valence-electron chi connectivity index (χ4n) is 3.24. The molecule has 0 spiro atoms. The van der Waals surface area contributed by atoms with Gasteiger partial charge in [-0.15, -0.1) is 0 Å². The highest BCUT2D eigenvalue weighted by molar-refractivity contribution is 5.79. The molecule has 5 heteroatoms. The Bertz CT molecular complexity index is 759. The van der Waals surface area contributed by atoms with Crippen molar-refractivity contribution >= 4 is 5.91 Å². The van der Waals surface area contributed by atoms with Crippen LogP contribution in [0, 0.1) is 5.92 Å². The molecule has 0 saturated carbocycles. The van der Waals surface area contributed by atoms with Crippen molar-refractivity contribution in [3.8, 4) is 17.2 Å². The van der Waals surface area contributed by atoms with Crippen molar-refractivity contribution in [3.63, 3.8) is 0 Å². The van der Waals surface area contributed by atoms with E-state index in [1.54, 1.807) is 33.5 Å². The van der Waals surface area contributed by atoms with E-state index in [9.17, 15) is 4.79 Å². The highest BCUT2D eigenvalue weighted by Gasteiger charge is 2.20. The molecule has 1 N–H and O–H groups in total. The summed E-state index contributed by atoms with van der Waals surface area (Å²) in [7, 11) is 4.69. The van der Waals surface area contributed by atoms with E-state index in [-0.39, 0.29) is 24.3 Å². The van der Waals surface area contributed by atoms with Gasteiger partial charge in [-0.25, -0.2) is 0 Å². The van der Waals surface area contributed by atoms with Crippen LogP contribution in [0.2, 0.25) is 0 Å². The first-order valence-corrected chi connectivity index (χ1v) is 9.60.